The van der Waals surface area contributed by atoms with Crippen molar-refractivity contribution in [2.75, 3.05) is 42.9 Å². The molecule has 1 aliphatic rings. The van der Waals surface area contributed by atoms with E-state index < -0.39 is 0 Å². The standard InChI is InChI=1S/C22H28ClN3O/c1-15-11-17(3)22(18(4)12-15)24-21(27)14-25-7-9-26(10-8-25)20-13-19(23)6-5-16(20)2/h5-6,11-13H,7-10,14H2,1-4H3,(H,24,27)/p+1. The number of nitrogens with zero attached hydrogens (tertiary/aromatic N) is 1. The van der Waals surface area contributed by atoms with Gasteiger partial charge in [0.1, 0.15) is 0 Å². The van der Waals surface area contributed by atoms with Gasteiger partial charge in [0.2, 0.25) is 0 Å². The molecule has 0 unspecified atom stereocenters. The number of aryl methyl sites for hydroxylation is 4. The van der Waals surface area contributed by atoms with Crippen LogP contribution in [0.15, 0.2) is 30.3 Å². The molecule has 0 saturated carbocycles. The largest absolute Gasteiger partial charge is 0.360 e. The smallest absolute Gasteiger partial charge is 0.279 e. The lowest BCUT2D eigenvalue weighted by Crippen LogP contribution is -3.15. The van der Waals surface area contributed by atoms with Crippen LogP contribution in [0.3, 0.4) is 0 Å². The molecule has 144 valence electrons. The van der Waals surface area contributed by atoms with Crippen molar-refractivity contribution in [3.05, 3.63) is 57.6 Å². The Kier molecular flexibility index (Phi) is 6.08. The van der Waals surface area contributed by atoms with Crippen molar-refractivity contribution >= 4 is 28.9 Å². The summed E-state index contributed by atoms with van der Waals surface area (Å²) in [4.78, 5) is 16.3. The van der Waals surface area contributed by atoms with Crippen molar-refractivity contribution in [3.63, 3.8) is 0 Å². The van der Waals surface area contributed by atoms with E-state index in [9.17, 15) is 4.79 Å². The Bertz CT molecular complexity index is 818. The molecule has 27 heavy (non-hydrogen) atoms. The van der Waals surface area contributed by atoms with Crippen LogP contribution in [-0.2, 0) is 4.79 Å². The van der Waals surface area contributed by atoms with E-state index in [1.165, 1.54) is 21.7 Å². The first kappa shape index (κ1) is 19.7. The normalized spacial score (nSPS) is 15.1. The number of rotatable bonds is 4. The maximum atomic E-state index is 12.6. The van der Waals surface area contributed by atoms with Crippen LogP contribution >= 0.6 is 11.6 Å². The fourth-order valence-electron chi connectivity index (χ4n) is 3.95. The average molecular weight is 387 g/mol. The zero-order chi connectivity index (χ0) is 19.6. The van der Waals surface area contributed by atoms with Crippen molar-refractivity contribution in [1.82, 2.24) is 0 Å². The van der Waals surface area contributed by atoms with Crippen molar-refractivity contribution in [3.8, 4) is 0 Å². The first-order valence-electron chi connectivity index (χ1n) is 9.56. The monoisotopic (exact) mass is 386 g/mol. The highest BCUT2D eigenvalue weighted by Crippen LogP contribution is 2.24. The van der Waals surface area contributed by atoms with Crippen molar-refractivity contribution in [1.29, 1.82) is 0 Å². The second-order valence-electron chi connectivity index (χ2n) is 7.67. The Morgan fingerprint density at radius 1 is 1.04 bits per heavy atom. The molecule has 1 saturated heterocycles. The van der Waals surface area contributed by atoms with E-state index in [1.54, 1.807) is 0 Å². The Labute approximate surface area is 167 Å². The molecule has 1 heterocycles. The van der Waals surface area contributed by atoms with Crippen molar-refractivity contribution in [2.24, 2.45) is 0 Å². The highest BCUT2D eigenvalue weighted by molar-refractivity contribution is 6.30. The number of amides is 1. The van der Waals surface area contributed by atoms with Gasteiger partial charge in [0.15, 0.2) is 6.54 Å². The lowest BCUT2D eigenvalue weighted by molar-refractivity contribution is -0.892. The molecule has 1 fully saturated rings. The topological polar surface area (TPSA) is 36.8 Å². The summed E-state index contributed by atoms with van der Waals surface area (Å²) >= 11 is 6.16. The van der Waals surface area contributed by atoms with Gasteiger partial charge in [0, 0.05) is 16.4 Å². The Morgan fingerprint density at radius 2 is 1.67 bits per heavy atom. The van der Waals surface area contributed by atoms with E-state index in [0.29, 0.717) is 6.54 Å². The number of nitrogens with one attached hydrogen (secondary N) is 2. The molecule has 2 aromatic rings. The molecule has 5 heteroatoms. The third kappa shape index (κ3) is 4.82. The van der Waals surface area contributed by atoms with E-state index >= 15 is 0 Å². The number of halogens is 1. The van der Waals surface area contributed by atoms with Gasteiger partial charge in [-0.2, -0.15) is 0 Å². The average Bonchev–Trinajstić information content (AvgIpc) is 2.61. The predicted octanol–water partition coefficient (Wildman–Crippen LogP) is 2.92. The van der Waals surface area contributed by atoms with Gasteiger partial charge in [0.25, 0.3) is 5.91 Å². The van der Waals surface area contributed by atoms with Crippen LogP contribution < -0.4 is 15.1 Å². The minimum absolute atomic E-state index is 0.0902. The molecule has 0 radical (unpaired) electrons. The molecule has 1 amide bonds. The Hall–Kier alpha value is -2.04. The molecule has 2 N–H and O–H groups in total. The highest BCUT2D eigenvalue weighted by Gasteiger charge is 2.23. The molecule has 1 aliphatic heterocycles. The second kappa shape index (κ2) is 8.32. The molecule has 0 bridgehead atoms. The SMILES string of the molecule is Cc1cc(C)c(NC(=O)C[NH+]2CCN(c3cc(Cl)ccc3C)CC2)c(C)c1. The lowest BCUT2D eigenvalue weighted by atomic mass is 10.1. The van der Waals surface area contributed by atoms with Gasteiger partial charge < -0.3 is 15.1 Å². The highest BCUT2D eigenvalue weighted by atomic mass is 35.5. The van der Waals surface area contributed by atoms with Gasteiger partial charge in [-0.05, 0) is 56.5 Å². The van der Waals surface area contributed by atoms with Crippen LogP contribution in [0.5, 0.6) is 0 Å². The summed E-state index contributed by atoms with van der Waals surface area (Å²) in [5, 5.41) is 3.89. The molecular weight excluding hydrogens is 358 g/mol. The van der Waals surface area contributed by atoms with Crippen LogP contribution in [-0.4, -0.2) is 38.6 Å². The van der Waals surface area contributed by atoms with Crippen molar-refractivity contribution < 1.29 is 9.69 Å². The van der Waals surface area contributed by atoms with E-state index in [-0.39, 0.29) is 5.91 Å². The third-order valence-electron chi connectivity index (χ3n) is 5.33. The van der Waals surface area contributed by atoms with Crippen LogP contribution in [0.1, 0.15) is 22.3 Å². The van der Waals surface area contributed by atoms with Crippen LogP contribution in [0.2, 0.25) is 5.02 Å². The zero-order valence-corrected chi connectivity index (χ0v) is 17.4. The maximum absolute atomic E-state index is 12.6. The summed E-state index contributed by atoms with van der Waals surface area (Å²) in [6.07, 6.45) is 0. The minimum atomic E-state index is 0.0902. The van der Waals surface area contributed by atoms with Crippen molar-refractivity contribution in [2.45, 2.75) is 27.7 Å². The van der Waals surface area contributed by atoms with Gasteiger partial charge >= 0.3 is 0 Å². The number of carbonyl (C=O) groups is 1. The summed E-state index contributed by atoms with van der Waals surface area (Å²) in [7, 11) is 0. The maximum Gasteiger partial charge on any atom is 0.279 e. The van der Waals surface area contributed by atoms with E-state index in [1.807, 2.05) is 12.1 Å². The van der Waals surface area contributed by atoms with Crippen LogP contribution in [0.4, 0.5) is 11.4 Å². The van der Waals surface area contributed by atoms with Gasteiger partial charge in [-0.1, -0.05) is 35.4 Å². The third-order valence-corrected chi connectivity index (χ3v) is 5.57. The van der Waals surface area contributed by atoms with Gasteiger partial charge in [-0.25, -0.2) is 0 Å². The lowest BCUT2D eigenvalue weighted by Gasteiger charge is -2.34. The zero-order valence-electron chi connectivity index (χ0n) is 16.7. The molecule has 0 aromatic heterocycles. The molecule has 0 aliphatic carbocycles. The number of benzene rings is 2. The fraction of sp³-hybridized carbons (Fsp3) is 0.409. The number of quaternary nitrogens is 1. The number of piperazine rings is 1. The summed E-state index contributed by atoms with van der Waals surface area (Å²) in [5.41, 5.74) is 6.87. The second-order valence-corrected chi connectivity index (χ2v) is 8.10. The van der Waals surface area contributed by atoms with Gasteiger partial charge in [0.05, 0.1) is 26.2 Å². The number of anilines is 2. The Morgan fingerprint density at radius 3 is 2.30 bits per heavy atom. The fourth-order valence-corrected chi connectivity index (χ4v) is 4.12. The molecule has 0 atom stereocenters. The molecular formula is C22H29ClN3O+. The molecule has 0 spiro atoms. The predicted molar refractivity (Wildman–Crippen MR) is 113 cm³/mol. The Balaban J connectivity index is 1.56. The summed E-state index contributed by atoms with van der Waals surface area (Å²) < 4.78 is 0. The summed E-state index contributed by atoms with van der Waals surface area (Å²) in [6.45, 7) is 12.6. The molecule has 3 rings (SSSR count). The summed E-state index contributed by atoms with van der Waals surface area (Å²) in [5.74, 6) is 0.0902. The van der Waals surface area contributed by atoms with E-state index in [4.69, 9.17) is 11.6 Å². The summed E-state index contributed by atoms with van der Waals surface area (Å²) in [6, 6.07) is 10.3. The van der Waals surface area contributed by atoms with Gasteiger partial charge in [-0.3, -0.25) is 4.79 Å². The first-order chi connectivity index (χ1) is 12.8. The van der Waals surface area contributed by atoms with Crippen LogP contribution in [0.25, 0.3) is 0 Å². The van der Waals surface area contributed by atoms with Gasteiger partial charge in [-0.15, -0.1) is 0 Å². The number of hydrogen-bond donors (Lipinski definition) is 2. The quantitative estimate of drug-likeness (QED) is 0.847. The number of carbonyl (C=O) groups excluding carboxylic acids is 1. The molecule has 2 aromatic carbocycles. The van der Waals surface area contributed by atoms with E-state index in [0.717, 1.165) is 48.0 Å². The first-order valence-corrected chi connectivity index (χ1v) is 9.93. The van der Waals surface area contributed by atoms with E-state index in [2.05, 4.69) is 56.1 Å². The minimum Gasteiger partial charge on any atom is -0.360 e. The molecule has 4 nitrogen and oxygen atoms in total. The van der Waals surface area contributed by atoms with Crippen LogP contribution in [0, 0.1) is 27.7 Å². The number of hydrogen-bond acceptors (Lipinski definition) is 2.